The van der Waals surface area contributed by atoms with E-state index in [-0.39, 0.29) is 17.8 Å². The summed E-state index contributed by atoms with van der Waals surface area (Å²) >= 11 is 0. The highest BCUT2D eigenvalue weighted by atomic mass is 16.5. The van der Waals surface area contributed by atoms with Gasteiger partial charge in [0.25, 0.3) is 5.91 Å². The maximum Gasteiger partial charge on any atom is 0.267 e. The lowest BCUT2D eigenvalue weighted by Crippen LogP contribution is -2.43. The number of allylic oxidation sites excluding steroid dienone is 1. The summed E-state index contributed by atoms with van der Waals surface area (Å²) in [6.07, 6.45) is 1.09. The average Bonchev–Trinajstić information content (AvgIpc) is 2.84. The van der Waals surface area contributed by atoms with Crippen LogP contribution in [-0.4, -0.2) is 38.0 Å². The summed E-state index contributed by atoms with van der Waals surface area (Å²) in [7, 11) is 1.58. The van der Waals surface area contributed by atoms with Gasteiger partial charge in [0.2, 0.25) is 0 Å². The molecule has 1 amide bonds. The Hall–Kier alpha value is -2.50. The van der Waals surface area contributed by atoms with Crippen molar-refractivity contribution in [2.75, 3.05) is 20.2 Å². The minimum atomic E-state index is -0.436. The number of hydrogen-bond donors (Lipinski definition) is 2. The molecule has 3 rings (SSSR count). The van der Waals surface area contributed by atoms with Gasteiger partial charge in [-0.25, -0.2) is 0 Å². The summed E-state index contributed by atoms with van der Waals surface area (Å²) < 4.78 is 10.9. The van der Waals surface area contributed by atoms with Gasteiger partial charge in [0.05, 0.1) is 13.0 Å². The SMILES string of the molecule is COc1ccc2c(c1)C(C(=O)/C=C1/NCCNC1=O)C(C)O2. The van der Waals surface area contributed by atoms with E-state index in [1.165, 1.54) is 6.08 Å². The molecule has 2 aliphatic heterocycles. The number of nitrogens with one attached hydrogen (secondary N) is 2. The summed E-state index contributed by atoms with van der Waals surface area (Å²) in [5, 5.41) is 5.65. The predicted molar refractivity (Wildman–Crippen MR) is 79.9 cm³/mol. The molecule has 0 bridgehead atoms. The zero-order valence-corrected chi connectivity index (χ0v) is 12.5. The van der Waals surface area contributed by atoms with Gasteiger partial charge in [-0.3, -0.25) is 9.59 Å². The van der Waals surface area contributed by atoms with Crippen LogP contribution >= 0.6 is 0 Å². The molecule has 1 fully saturated rings. The summed E-state index contributed by atoms with van der Waals surface area (Å²) in [5.41, 5.74) is 1.10. The highest BCUT2D eigenvalue weighted by molar-refractivity contribution is 6.04. The molecule has 2 aliphatic rings. The first-order chi connectivity index (χ1) is 10.6. The fourth-order valence-electron chi connectivity index (χ4n) is 2.81. The number of benzene rings is 1. The topological polar surface area (TPSA) is 76.7 Å². The van der Waals surface area contributed by atoms with E-state index in [1.807, 2.05) is 13.0 Å². The molecule has 2 atom stereocenters. The van der Waals surface area contributed by atoms with Crippen LogP contribution in [0.3, 0.4) is 0 Å². The van der Waals surface area contributed by atoms with E-state index in [1.54, 1.807) is 19.2 Å². The molecule has 116 valence electrons. The molecule has 1 aromatic carbocycles. The molecule has 2 unspecified atom stereocenters. The van der Waals surface area contributed by atoms with Crippen LogP contribution in [0.1, 0.15) is 18.4 Å². The maximum absolute atomic E-state index is 12.6. The van der Waals surface area contributed by atoms with Crippen molar-refractivity contribution in [2.24, 2.45) is 0 Å². The Morgan fingerprint density at radius 2 is 2.14 bits per heavy atom. The molecule has 0 aliphatic carbocycles. The van der Waals surface area contributed by atoms with Crippen LogP contribution in [-0.2, 0) is 9.59 Å². The molecule has 2 N–H and O–H groups in total. The van der Waals surface area contributed by atoms with Crippen molar-refractivity contribution in [3.63, 3.8) is 0 Å². The number of fused-ring (bicyclic) bond motifs is 1. The van der Waals surface area contributed by atoms with Crippen molar-refractivity contribution in [1.29, 1.82) is 0 Å². The van der Waals surface area contributed by atoms with E-state index in [2.05, 4.69) is 10.6 Å². The first-order valence-electron chi connectivity index (χ1n) is 7.22. The second-order valence-electron chi connectivity index (χ2n) is 5.35. The quantitative estimate of drug-likeness (QED) is 0.805. The van der Waals surface area contributed by atoms with Gasteiger partial charge >= 0.3 is 0 Å². The second-order valence-corrected chi connectivity index (χ2v) is 5.35. The third-order valence-corrected chi connectivity index (χ3v) is 3.90. The Morgan fingerprint density at radius 3 is 2.86 bits per heavy atom. The lowest BCUT2D eigenvalue weighted by Gasteiger charge is -2.18. The number of rotatable bonds is 3. The van der Waals surface area contributed by atoms with Gasteiger partial charge in [0.1, 0.15) is 23.3 Å². The highest BCUT2D eigenvalue weighted by Gasteiger charge is 2.36. The van der Waals surface area contributed by atoms with Gasteiger partial charge < -0.3 is 20.1 Å². The average molecular weight is 302 g/mol. The van der Waals surface area contributed by atoms with Crippen molar-refractivity contribution < 1.29 is 19.1 Å². The molecular weight excluding hydrogens is 284 g/mol. The number of ether oxygens (including phenoxy) is 2. The zero-order chi connectivity index (χ0) is 15.7. The van der Waals surface area contributed by atoms with Crippen LogP contribution in [0.2, 0.25) is 0 Å². The third kappa shape index (κ3) is 2.52. The van der Waals surface area contributed by atoms with E-state index < -0.39 is 5.92 Å². The largest absolute Gasteiger partial charge is 0.497 e. The normalized spacial score (nSPS) is 25.0. The summed E-state index contributed by atoms with van der Waals surface area (Å²) in [6.45, 7) is 3.03. The van der Waals surface area contributed by atoms with Crippen molar-refractivity contribution in [2.45, 2.75) is 18.9 Å². The third-order valence-electron chi connectivity index (χ3n) is 3.90. The van der Waals surface area contributed by atoms with Crippen molar-refractivity contribution in [1.82, 2.24) is 10.6 Å². The van der Waals surface area contributed by atoms with Gasteiger partial charge in [-0.15, -0.1) is 0 Å². The van der Waals surface area contributed by atoms with E-state index in [0.717, 1.165) is 5.56 Å². The van der Waals surface area contributed by atoms with Crippen LogP contribution < -0.4 is 20.1 Å². The first-order valence-corrected chi connectivity index (χ1v) is 7.22. The lowest BCUT2D eigenvalue weighted by atomic mass is 9.91. The van der Waals surface area contributed by atoms with Crippen LogP contribution in [0.4, 0.5) is 0 Å². The second kappa shape index (κ2) is 5.71. The Morgan fingerprint density at radius 1 is 1.36 bits per heavy atom. The summed E-state index contributed by atoms with van der Waals surface area (Å²) in [5.74, 6) is 0.520. The number of amides is 1. The number of carbonyl (C=O) groups is 2. The number of hydrogen-bond acceptors (Lipinski definition) is 5. The molecule has 0 spiro atoms. The van der Waals surface area contributed by atoms with Crippen LogP contribution in [0.15, 0.2) is 30.0 Å². The Bertz CT molecular complexity index is 654. The van der Waals surface area contributed by atoms with E-state index >= 15 is 0 Å². The molecule has 0 aromatic heterocycles. The lowest BCUT2D eigenvalue weighted by molar-refractivity contribution is -0.120. The molecule has 1 aromatic rings. The Labute approximate surface area is 128 Å². The summed E-state index contributed by atoms with van der Waals surface area (Å²) in [4.78, 5) is 24.3. The van der Waals surface area contributed by atoms with Crippen molar-refractivity contribution in [3.8, 4) is 11.5 Å². The van der Waals surface area contributed by atoms with Crippen LogP contribution in [0.5, 0.6) is 11.5 Å². The first kappa shape index (κ1) is 14.4. The van der Waals surface area contributed by atoms with Crippen molar-refractivity contribution >= 4 is 11.7 Å². The number of methoxy groups -OCH3 is 1. The molecule has 2 heterocycles. The van der Waals surface area contributed by atoms with Gasteiger partial charge in [0, 0.05) is 24.7 Å². The molecule has 6 nitrogen and oxygen atoms in total. The van der Waals surface area contributed by atoms with Crippen LogP contribution in [0, 0.1) is 0 Å². The molecule has 6 heteroatoms. The molecule has 0 radical (unpaired) electrons. The van der Waals surface area contributed by atoms with E-state index in [4.69, 9.17) is 9.47 Å². The number of carbonyl (C=O) groups excluding carboxylic acids is 2. The smallest absolute Gasteiger partial charge is 0.267 e. The van der Waals surface area contributed by atoms with Crippen LogP contribution in [0.25, 0.3) is 0 Å². The van der Waals surface area contributed by atoms with Crippen molar-refractivity contribution in [3.05, 3.63) is 35.5 Å². The molecule has 1 saturated heterocycles. The van der Waals surface area contributed by atoms with Gasteiger partial charge in [-0.1, -0.05) is 0 Å². The fourth-order valence-corrected chi connectivity index (χ4v) is 2.81. The summed E-state index contributed by atoms with van der Waals surface area (Å²) in [6, 6.07) is 5.41. The minimum Gasteiger partial charge on any atom is -0.497 e. The van der Waals surface area contributed by atoms with E-state index in [0.29, 0.717) is 30.3 Å². The monoisotopic (exact) mass is 302 g/mol. The maximum atomic E-state index is 12.6. The van der Waals surface area contributed by atoms with Gasteiger partial charge in [-0.05, 0) is 25.1 Å². The highest BCUT2D eigenvalue weighted by Crippen LogP contribution is 2.40. The molecule has 22 heavy (non-hydrogen) atoms. The van der Waals surface area contributed by atoms with Gasteiger partial charge in [-0.2, -0.15) is 0 Å². The Kier molecular flexibility index (Phi) is 3.75. The molecular formula is C16H18N2O4. The minimum absolute atomic E-state index is 0.154. The number of ketones is 1. The van der Waals surface area contributed by atoms with E-state index in [9.17, 15) is 9.59 Å². The standard InChI is InChI=1S/C16H18N2O4/c1-9-15(11-7-10(21-2)3-4-14(11)22-9)13(19)8-12-16(20)18-6-5-17-12/h3-4,7-9,15,17H,5-6H2,1-2H3,(H,18,20)/b12-8+. The molecule has 0 saturated carbocycles. The number of piperazine rings is 1. The predicted octanol–water partition coefficient (Wildman–Crippen LogP) is 0.732. The van der Waals surface area contributed by atoms with Gasteiger partial charge in [0.15, 0.2) is 5.78 Å². The fraction of sp³-hybridized carbons (Fsp3) is 0.375. The Balaban J connectivity index is 1.90. The zero-order valence-electron chi connectivity index (χ0n) is 12.5.